The fourth-order valence-corrected chi connectivity index (χ4v) is 3.17. The van der Waals surface area contributed by atoms with Crippen LogP contribution in [0.3, 0.4) is 0 Å². The summed E-state index contributed by atoms with van der Waals surface area (Å²) in [6, 6.07) is 8.11. The van der Waals surface area contributed by atoms with Crippen LogP contribution in [0.5, 0.6) is 0 Å². The topological polar surface area (TPSA) is 63.1 Å². The molecular formula is C17H22ClN5O. The first-order valence-electron chi connectivity index (χ1n) is 8.25. The van der Waals surface area contributed by atoms with Crippen LogP contribution in [0.15, 0.2) is 30.5 Å². The van der Waals surface area contributed by atoms with Gasteiger partial charge in [-0.3, -0.25) is 4.79 Å². The van der Waals surface area contributed by atoms with Crippen molar-refractivity contribution in [2.75, 3.05) is 20.1 Å². The molecule has 1 amide bonds. The number of nitrogens with one attached hydrogen (secondary N) is 1. The maximum atomic E-state index is 12.2. The van der Waals surface area contributed by atoms with Gasteiger partial charge in [0.15, 0.2) is 5.69 Å². The van der Waals surface area contributed by atoms with E-state index in [-0.39, 0.29) is 5.91 Å². The molecule has 0 bridgehead atoms. The monoisotopic (exact) mass is 347 g/mol. The Morgan fingerprint density at radius 3 is 2.88 bits per heavy atom. The van der Waals surface area contributed by atoms with Crippen molar-refractivity contribution in [1.29, 1.82) is 0 Å². The van der Waals surface area contributed by atoms with Gasteiger partial charge in [0, 0.05) is 17.6 Å². The van der Waals surface area contributed by atoms with Gasteiger partial charge in [-0.25, -0.2) is 4.68 Å². The van der Waals surface area contributed by atoms with Crippen LogP contribution in [0.25, 0.3) is 0 Å². The fraction of sp³-hybridized carbons (Fsp3) is 0.471. The molecule has 0 aliphatic carbocycles. The number of carbonyl (C=O) groups excluding carboxylic acids is 1. The first-order chi connectivity index (χ1) is 11.6. The van der Waals surface area contributed by atoms with E-state index in [1.165, 1.54) is 12.8 Å². The number of amides is 1. The zero-order valence-corrected chi connectivity index (χ0v) is 14.5. The van der Waals surface area contributed by atoms with Crippen molar-refractivity contribution in [3.8, 4) is 0 Å². The van der Waals surface area contributed by atoms with Crippen molar-refractivity contribution in [1.82, 2.24) is 25.2 Å². The first kappa shape index (κ1) is 16.9. The largest absolute Gasteiger partial charge is 0.351 e. The van der Waals surface area contributed by atoms with Crippen LogP contribution >= 0.6 is 11.6 Å². The zero-order chi connectivity index (χ0) is 16.9. The van der Waals surface area contributed by atoms with E-state index < -0.39 is 0 Å². The third kappa shape index (κ3) is 4.33. The van der Waals surface area contributed by atoms with Crippen molar-refractivity contribution >= 4 is 17.5 Å². The van der Waals surface area contributed by atoms with Gasteiger partial charge in [-0.15, -0.1) is 5.10 Å². The lowest BCUT2D eigenvalue weighted by atomic mass is 10.1. The highest BCUT2D eigenvalue weighted by Gasteiger charge is 2.20. The zero-order valence-electron chi connectivity index (χ0n) is 13.8. The number of rotatable bonds is 6. The van der Waals surface area contributed by atoms with Crippen molar-refractivity contribution in [3.05, 3.63) is 46.7 Å². The molecule has 0 radical (unpaired) electrons. The van der Waals surface area contributed by atoms with Crippen molar-refractivity contribution in [3.63, 3.8) is 0 Å². The second kappa shape index (κ2) is 7.77. The van der Waals surface area contributed by atoms with Gasteiger partial charge in [0.25, 0.3) is 5.91 Å². The molecule has 1 fully saturated rings. The number of nitrogens with zero attached hydrogens (tertiary/aromatic N) is 4. The van der Waals surface area contributed by atoms with Gasteiger partial charge in [0.05, 0.1) is 12.7 Å². The standard InChI is InChI=1S/C17H22ClN5O/c1-22-10-2-3-15(22)8-9-19-17(24)16-12-23(21-20-16)11-13-4-6-14(18)7-5-13/h4-7,12,15H,2-3,8-11H2,1H3,(H,19,24). The Bertz CT molecular complexity index is 685. The fourth-order valence-electron chi connectivity index (χ4n) is 3.04. The maximum Gasteiger partial charge on any atom is 0.273 e. The summed E-state index contributed by atoms with van der Waals surface area (Å²) in [7, 11) is 2.14. The summed E-state index contributed by atoms with van der Waals surface area (Å²) < 4.78 is 1.66. The highest BCUT2D eigenvalue weighted by Crippen LogP contribution is 2.17. The second-order valence-corrected chi connectivity index (χ2v) is 6.69. The Morgan fingerprint density at radius 2 is 2.17 bits per heavy atom. The first-order valence-corrected chi connectivity index (χ1v) is 8.62. The highest BCUT2D eigenvalue weighted by atomic mass is 35.5. The summed E-state index contributed by atoms with van der Waals surface area (Å²) in [4.78, 5) is 14.5. The lowest BCUT2D eigenvalue weighted by Gasteiger charge is -2.18. The van der Waals surface area contributed by atoms with Crippen LogP contribution in [-0.4, -0.2) is 52.0 Å². The van der Waals surface area contributed by atoms with Crippen LogP contribution < -0.4 is 5.32 Å². The number of aromatic nitrogens is 3. The summed E-state index contributed by atoms with van der Waals surface area (Å²) >= 11 is 5.87. The lowest BCUT2D eigenvalue weighted by molar-refractivity contribution is 0.0945. The lowest BCUT2D eigenvalue weighted by Crippen LogP contribution is -2.31. The molecule has 1 aliphatic heterocycles. The molecule has 6 nitrogen and oxygen atoms in total. The number of carbonyl (C=O) groups is 1. The molecule has 7 heteroatoms. The molecule has 1 saturated heterocycles. The minimum Gasteiger partial charge on any atom is -0.351 e. The second-order valence-electron chi connectivity index (χ2n) is 6.25. The molecule has 1 aromatic carbocycles. The highest BCUT2D eigenvalue weighted by molar-refractivity contribution is 6.30. The van der Waals surface area contributed by atoms with Gasteiger partial charge in [0.2, 0.25) is 0 Å². The predicted molar refractivity (Wildman–Crippen MR) is 93.2 cm³/mol. The SMILES string of the molecule is CN1CCCC1CCNC(=O)c1cn(Cc2ccc(Cl)cc2)nn1. The van der Waals surface area contributed by atoms with E-state index in [9.17, 15) is 4.79 Å². The summed E-state index contributed by atoms with van der Waals surface area (Å²) in [6.07, 6.45) is 5.10. The predicted octanol–water partition coefficient (Wildman–Crippen LogP) is 2.19. The van der Waals surface area contributed by atoms with E-state index in [2.05, 4.69) is 27.6 Å². The normalized spacial score (nSPS) is 18.0. The Balaban J connectivity index is 1.49. The van der Waals surface area contributed by atoms with Gasteiger partial charge in [-0.2, -0.15) is 0 Å². The Labute approximate surface area is 146 Å². The molecule has 0 spiro atoms. The molecule has 1 aromatic heterocycles. The third-order valence-corrected chi connectivity index (χ3v) is 4.72. The third-order valence-electron chi connectivity index (χ3n) is 4.46. The summed E-state index contributed by atoms with van der Waals surface area (Å²) in [5.41, 5.74) is 1.41. The van der Waals surface area contributed by atoms with E-state index in [0.717, 1.165) is 18.5 Å². The molecule has 1 aliphatic rings. The quantitative estimate of drug-likeness (QED) is 0.870. The number of hydrogen-bond acceptors (Lipinski definition) is 4. The molecule has 1 N–H and O–H groups in total. The number of halogens is 1. The molecule has 1 atom stereocenters. The van der Waals surface area contributed by atoms with Crippen LogP contribution in [0.1, 0.15) is 35.3 Å². The minimum absolute atomic E-state index is 0.169. The van der Waals surface area contributed by atoms with E-state index in [1.807, 2.05) is 24.3 Å². The van der Waals surface area contributed by atoms with Crippen molar-refractivity contribution in [2.45, 2.75) is 31.8 Å². The van der Waals surface area contributed by atoms with Gasteiger partial charge in [-0.05, 0) is 50.6 Å². The number of hydrogen-bond donors (Lipinski definition) is 1. The smallest absolute Gasteiger partial charge is 0.273 e. The van der Waals surface area contributed by atoms with Crippen LogP contribution in [0.4, 0.5) is 0 Å². The molecular weight excluding hydrogens is 326 g/mol. The molecule has 0 saturated carbocycles. The van der Waals surface area contributed by atoms with Gasteiger partial charge in [-0.1, -0.05) is 28.9 Å². The molecule has 2 heterocycles. The van der Waals surface area contributed by atoms with E-state index in [0.29, 0.717) is 29.8 Å². The molecule has 3 rings (SSSR count). The van der Waals surface area contributed by atoms with Crippen LogP contribution in [0.2, 0.25) is 5.02 Å². The molecule has 2 aromatic rings. The molecule has 24 heavy (non-hydrogen) atoms. The average molecular weight is 348 g/mol. The molecule has 1 unspecified atom stereocenters. The van der Waals surface area contributed by atoms with Gasteiger partial charge < -0.3 is 10.2 Å². The van der Waals surface area contributed by atoms with Gasteiger partial charge in [0.1, 0.15) is 0 Å². The Kier molecular flexibility index (Phi) is 5.48. The van der Waals surface area contributed by atoms with Crippen LogP contribution in [-0.2, 0) is 6.54 Å². The Hall–Kier alpha value is -1.92. The average Bonchev–Trinajstić information content (AvgIpc) is 3.19. The number of benzene rings is 1. The van der Waals surface area contributed by atoms with Crippen LogP contribution in [0, 0.1) is 0 Å². The summed E-state index contributed by atoms with van der Waals surface area (Å²) in [6.45, 7) is 2.37. The maximum absolute atomic E-state index is 12.2. The van der Waals surface area contributed by atoms with Gasteiger partial charge >= 0.3 is 0 Å². The van der Waals surface area contributed by atoms with E-state index >= 15 is 0 Å². The Morgan fingerprint density at radius 1 is 1.38 bits per heavy atom. The molecule has 128 valence electrons. The summed E-state index contributed by atoms with van der Waals surface area (Å²) in [5.74, 6) is -0.169. The minimum atomic E-state index is -0.169. The van der Waals surface area contributed by atoms with Crippen molar-refractivity contribution < 1.29 is 4.79 Å². The van der Waals surface area contributed by atoms with E-state index in [1.54, 1.807) is 10.9 Å². The van der Waals surface area contributed by atoms with E-state index in [4.69, 9.17) is 11.6 Å². The van der Waals surface area contributed by atoms with Crippen molar-refractivity contribution in [2.24, 2.45) is 0 Å². The number of likely N-dealkylation sites (tertiary alicyclic amines) is 1. The summed E-state index contributed by atoms with van der Waals surface area (Å²) in [5, 5.41) is 11.6.